The van der Waals surface area contributed by atoms with Crippen molar-refractivity contribution in [3.63, 3.8) is 0 Å². The highest BCUT2D eigenvalue weighted by molar-refractivity contribution is 9.10. The third kappa shape index (κ3) is 3.90. The van der Waals surface area contributed by atoms with Crippen molar-refractivity contribution in [1.82, 2.24) is 10.2 Å². The van der Waals surface area contributed by atoms with Crippen LogP contribution in [0.3, 0.4) is 0 Å². The zero-order chi connectivity index (χ0) is 15.2. The first-order chi connectivity index (χ1) is 10.2. The number of rotatable bonds is 6. The van der Waals surface area contributed by atoms with Gasteiger partial charge in [0, 0.05) is 42.8 Å². The predicted molar refractivity (Wildman–Crippen MR) is 89.6 cm³/mol. The summed E-state index contributed by atoms with van der Waals surface area (Å²) >= 11 is 3.70. The number of benzene rings is 1. The van der Waals surface area contributed by atoms with E-state index < -0.39 is 0 Å². The minimum atomic E-state index is 0.798. The molecule has 0 aliphatic carbocycles. The first-order valence-electron chi connectivity index (χ1n) is 7.56. The molecule has 21 heavy (non-hydrogen) atoms. The molecule has 2 rings (SSSR count). The second kappa shape index (κ2) is 8.01. The van der Waals surface area contributed by atoms with Gasteiger partial charge in [0.05, 0.1) is 14.2 Å². The largest absolute Gasteiger partial charge is 0.493 e. The van der Waals surface area contributed by atoms with E-state index in [4.69, 9.17) is 9.47 Å². The number of methoxy groups -OCH3 is 2. The van der Waals surface area contributed by atoms with Gasteiger partial charge in [-0.15, -0.1) is 0 Å². The number of nitrogens with zero attached hydrogens (tertiary/aromatic N) is 1. The maximum absolute atomic E-state index is 5.58. The third-order valence-corrected chi connectivity index (χ3v) is 4.78. The quantitative estimate of drug-likeness (QED) is 0.848. The van der Waals surface area contributed by atoms with Gasteiger partial charge in [0.15, 0.2) is 11.5 Å². The molecule has 1 fully saturated rings. The van der Waals surface area contributed by atoms with Crippen molar-refractivity contribution in [3.8, 4) is 11.5 Å². The average molecular weight is 357 g/mol. The van der Waals surface area contributed by atoms with Crippen LogP contribution >= 0.6 is 15.9 Å². The fourth-order valence-electron chi connectivity index (χ4n) is 2.92. The summed E-state index contributed by atoms with van der Waals surface area (Å²) in [4.78, 5) is 2.51. The van der Waals surface area contributed by atoms with Gasteiger partial charge in [-0.05, 0) is 24.5 Å². The van der Waals surface area contributed by atoms with Crippen LogP contribution in [0.2, 0.25) is 0 Å². The van der Waals surface area contributed by atoms with E-state index in [9.17, 15) is 0 Å². The Morgan fingerprint density at radius 1 is 1.19 bits per heavy atom. The second-order valence-corrected chi connectivity index (χ2v) is 6.10. The van der Waals surface area contributed by atoms with Crippen molar-refractivity contribution in [2.75, 3.05) is 46.9 Å². The zero-order valence-corrected chi connectivity index (χ0v) is 14.8. The Hall–Kier alpha value is -0.780. The maximum Gasteiger partial charge on any atom is 0.164 e. The third-order valence-electron chi connectivity index (χ3n) is 4.07. The van der Waals surface area contributed by atoms with Gasteiger partial charge in [0.25, 0.3) is 0 Å². The minimum absolute atomic E-state index is 0.798. The monoisotopic (exact) mass is 356 g/mol. The summed E-state index contributed by atoms with van der Waals surface area (Å²) in [5.74, 6) is 1.67. The van der Waals surface area contributed by atoms with E-state index in [1.807, 2.05) is 6.07 Å². The van der Waals surface area contributed by atoms with Crippen LogP contribution in [-0.2, 0) is 12.8 Å². The molecule has 1 aliphatic rings. The van der Waals surface area contributed by atoms with E-state index in [0.29, 0.717) is 0 Å². The van der Waals surface area contributed by atoms with Crippen LogP contribution in [0.15, 0.2) is 10.5 Å². The van der Waals surface area contributed by atoms with E-state index in [2.05, 4.69) is 33.1 Å². The molecular formula is C16H25BrN2O2. The van der Waals surface area contributed by atoms with Crippen LogP contribution in [0.1, 0.15) is 18.1 Å². The Morgan fingerprint density at radius 3 is 2.48 bits per heavy atom. The number of hydrogen-bond donors (Lipinski definition) is 1. The lowest BCUT2D eigenvalue weighted by Crippen LogP contribution is -2.44. The average Bonchev–Trinajstić information content (AvgIpc) is 2.53. The Bertz CT molecular complexity index is 474. The molecule has 1 heterocycles. The van der Waals surface area contributed by atoms with Crippen molar-refractivity contribution < 1.29 is 9.47 Å². The molecule has 0 saturated carbocycles. The number of nitrogens with one attached hydrogen (secondary N) is 1. The molecule has 1 N–H and O–H groups in total. The van der Waals surface area contributed by atoms with E-state index >= 15 is 0 Å². The molecule has 1 aromatic rings. The van der Waals surface area contributed by atoms with Crippen LogP contribution in [0, 0.1) is 0 Å². The topological polar surface area (TPSA) is 33.7 Å². The first kappa shape index (κ1) is 16.6. The number of halogens is 1. The standard InChI is InChI=1S/C16H25BrN2O2/c1-4-12-13(5-8-19-9-6-18-7-10-19)14(17)11-15(20-2)16(12)21-3/h11,18H,4-10H2,1-3H3. The highest BCUT2D eigenvalue weighted by atomic mass is 79.9. The van der Waals surface area contributed by atoms with E-state index in [1.165, 1.54) is 11.1 Å². The van der Waals surface area contributed by atoms with Crippen LogP contribution in [0.25, 0.3) is 0 Å². The van der Waals surface area contributed by atoms with Crippen LogP contribution in [0.5, 0.6) is 11.5 Å². The van der Waals surface area contributed by atoms with Crippen molar-refractivity contribution in [3.05, 3.63) is 21.7 Å². The molecule has 0 atom stereocenters. The SMILES string of the molecule is CCc1c(CCN2CCNCC2)c(Br)cc(OC)c1OC. The van der Waals surface area contributed by atoms with Gasteiger partial charge in [-0.2, -0.15) is 0 Å². The molecule has 118 valence electrons. The normalized spacial score (nSPS) is 16.0. The molecule has 1 aromatic carbocycles. The molecule has 1 saturated heterocycles. The van der Waals surface area contributed by atoms with E-state index in [0.717, 1.165) is 61.5 Å². The minimum Gasteiger partial charge on any atom is -0.493 e. The summed E-state index contributed by atoms with van der Waals surface area (Å²) in [5, 5.41) is 3.39. The van der Waals surface area contributed by atoms with Gasteiger partial charge < -0.3 is 19.7 Å². The molecule has 0 amide bonds. The molecular weight excluding hydrogens is 332 g/mol. The van der Waals surface area contributed by atoms with Crippen molar-refractivity contribution in [2.45, 2.75) is 19.8 Å². The lowest BCUT2D eigenvalue weighted by Gasteiger charge is -2.28. The Kier molecular flexibility index (Phi) is 6.33. The predicted octanol–water partition coefficient (Wildman–Crippen LogP) is 2.48. The Balaban J connectivity index is 2.20. The molecule has 0 aromatic heterocycles. The molecule has 1 aliphatic heterocycles. The van der Waals surface area contributed by atoms with Gasteiger partial charge in [-0.25, -0.2) is 0 Å². The van der Waals surface area contributed by atoms with Crippen LogP contribution in [-0.4, -0.2) is 51.8 Å². The Labute approximate surface area is 135 Å². The number of ether oxygens (including phenoxy) is 2. The summed E-state index contributed by atoms with van der Waals surface area (Å²) in [6.45, 7) is 7.70. The summed E-state index contributed by atoms with van der Waals surface area (Å²) in [6, 6.07) is 2.02. The van der Waals surface area contributed by atoms with Gasteiger partial charge in [0.1, 0.15) is 0 Å². The van der Waals surface area contributed by atoms with Gasteiger partial charge in [-0.3, -0.25) is 0 Å². The van der Waals surface area contributed by atoms with Gasteiger partial charge in [-0.1, -0.05) is 22.9 Å². The molecule has 4 nitrogen and oxygen atoms in total. The lowest BCUT2D eigenvalue weighted by molar-refractivity contribution is 0.243. The molecule has 0 unspecified atom stereocenters. The van der Waals surface area contributed by atoms with Crippen molar-refractivity contribution >= 4 is 15.9 Å². The molecule has 0 bridgehead atoms. The Morgan fingerprint density at radius 2 is 1.90 bits per heavy atom. The summed E-state index contributed by atoms with van der Waals surface area (Å²) in [7, 11) is 3.40. The highest BCUT2D eigenvalue weighted by Crippen LogP contribution is 2.38. The summed E-state index contributed by atoms with van der Waals surface area (Å²) in [5.41, 5.74) is 2.59. The number of piperazine rings is 1. The maximum atomic E-state index is 5.58. The summed E-state index contributed by atoms with van der Waals surface area (Å²) in [6.07, 6.45) is 1.97. The lowest BCUT2D eigenvalue weighted by atomic mass is 10.00. The van der Waals surface area contributed by atoms with Crippen molar-refractivity contribution in [1.29, 1.82) is 0 Å². The smallest absolute Gasteiger partial charge is 0.164 e. The van der Waals surface area contributed by atoms with Crippen LogP contribution < -0.4 is 14.8 Å². The second-order valence-electron chi connectivity index (χ2n) is 5.25. The molecule has 0 spiro atoms. The molecule has 5 heteroatoms. The fourth-order valence-corrected chi connectivity index (χ4v) is 3.57. The fraction of sp³-hybridized carbons (Fsp3) is 0.625. The van der Waals surface area contributed by atoms with Gasteiger partial charge >= 0.3 is 0 Å². The summed E-state index contributed by atoms with van der Waals surface area (Å²) < 4.78 is 12.1. The van der Waals surface area contributed by atoms with Crippen LogP contribution in [0.4, 0.5) is 0 Å². The number of hydrogen-bond acceptors (Lipinski definition) is 4. The van der Waals surface area contributed by atoms with Gasteiger partial charge in [0.2, 0.25) is 0 Å². The van der Waals surface area contributed by atoms with E-state index in [1.54, 1.807) is 14.2 Å². The molecule has 0 radical (unpaired) electrons. The first-order valence-corrected chi connectivity index (χ1v) is 8.35. The zero-order valence-electron chi connectivity index (χ0n) is 13.2. The highest BCUT2D eigenvalue weighted by Gasteiger charge is 2.18. The van der Waals surface area contributed by atoms with E-state index in [-0.39, 0.29) is 0 Å². The van der Waals surface area contributed by atoms with Crippen molar-refractivity contribution in [2.24, 2.45) is 0 Å².